The number of aromatic nitrogens is 3. The van der Waals surface area contributed by atoms with Gasteiger partial charge < -0.3 is 30.5 Å². The minimum Gasteiger partial charge on any atom is -0.758 e. The van der Waals surface area contributed by atoms with Gasteiger partial charge in [-0.2, -0.15) is 0 Å². The molecule has 0 aliphatic carbocycles. The molecule has 2 aliphatic heterocycles. The summed E-state index contributed by atoms with van der Waals surface area (Å²) in [5, 5.41) is 20.9. The molecule has 51 heavy (non-hydrogen) atoms. The van der Waals surface area contributed by atoms with Gasteiger partial charge in [0, 0.05) is 55.0 Å². The van der Waals surface area contributed by atoms with Crippen molar-refractivity contribution in [2.24, 2.45) is 13.0 Å². The molecule has 2 aromatic heterocycles. The molecule has 1 unspecified atom stereocenters. The molecule has 0 bridgehead atoms. The highest BCUT2D eigenvalue weighted by molar-refractivity contribution is 5.95. The van der Waals surface area contributed by atoms with Crippen LogP contribution in [0.1, 0.15) is 59.7 Å². The highest BCUT2D eigenvalue weighted by Gasteiger charge is 2.30. The molecule has 2 aliphatic rings. The number of ether oxygens (including phenoxy) is 1. The Morgan fingerprint density at radius 3 is 2.47 bits per heavy atom. The van der Waals surface area contributed by atoms with Gasteiger partial charge in [0.2, 0.25) is 0 Å². The maximum atomic E-state index is 13.8. The van der Waals surface area contributed by atoms with Crippen LogP contribution in [-0.2, 0) is 18.3 Å². The number of rotatable bonds is 10. The van der Waals surface area contributed by atoms with E-state index in [0.717, 1.165) is 66.0 Å². The molecule has 13 heteroatoms. The van der Waals surface area contributed by atoms with E-state index >= 15 is 0 Å². The van der Waals surface area contributed by atoms with Gasteiger partial charge in [-0.3, -0.25) is 14.3 Å². The number of nitrogens with one attached hydrogen (secondary N) is 2. The van der Waals surface area contributed by atoms with Gasteiger partial charge in [0.05, 0.1) is 31.5 Å². The van der Waals surface area contributed by atoms with Gasteiger partial charge in [-0.15, -0.1) is 0 Å². The third-order valence-corrected chi connectivity index (χ3v) is 9.49. The van der Waals surface area contributed by atoms with Crippen LogP contribution in [0.3, 0.4) is 0 Å². The van der Waals surface area contributed by atoms with Crippen LogP contribution in [0.2, 0.25) is 0 Å². The van der Waals surface area contributed by atoms with Gasteiger partial charge in [0.15, 0.2) is 11.6 Å². The number of fused-ring (bicyclic) bond motifs is 1. The van der Waals surface area contributed by atoms with Gasteiger partial charge in [0.25, 0.3) is 11.5 Å². The number of nitrogens with zero attached hydrogens (tertiary/aromatic N) is 5. The molecule has 1 amide bonds. The first-order chi connectivity index (χ1) is 24.4. The molecule has 2 aromatic carbocycles. The zero-order valence-electron chi connectivity index (χ0n) is 29.4. The van der Waals surface area contributed by atoms with E-state index in [9.17, 15) is 23.6 Å². The third kappa shape index (κ3) is 7.31. The van der Waals surface area contributed by atoms with Crippen molar-refractivity contribution < 1.29 is 18.3 Å². The number of morpholine rings is 1. The van der Waals surface area contributed by atoms with E-state index in [0.29, 0.717) is 28.5 Å². The van der Waals surface area contributed by atoms with Crippen LogP contribution < -0.4 is 21.1 Å². The van der Waals surface area contributed by atoms with Crippen LogP contribution >= 0.6 is 0 Å². The monoisotopic (exact) mass is 698 g/mol. The topological polar surface area (TPSA) is 120 Å². The summed E-state index contributed by atoms with van der Waals surface area (Å²) in [6, 6.07) is 14.9. The Kier molecular flexibility index (Phi) is 10.4. The molecule has 11 nitrogen and oxygen atoms in total. The molecular formula is C38H42F2N7O4-. The molecular weight excluding hydrogens is 656 g/mol. The number of amides is 1. The van der Waals surface area contributed by atoms with Gasteiger partial charge >= 0.3 is 0 Å². The number of hydroxylamine groups is 2. The highest BCUT2D eigenvalue weighted by atomic mass is 19.2. The fourth-order valence-corrected chi connectivity index (χ4v) is 6.58. The molecule has 0 spiro atoms. The van der Waals surface area contributed by atoms with Crippen LogP contribution in [0.15, 0.2) is 77.2 Å². The van der Waals surface area contributed by atoms with Crippen molar-refractivity contribution in [1.29, 1.82) is 0 Å². The Balaban J connectivity index is 1.15. The fraction of sp³-hybridized carbons (Fsp3) is 0.342. The molecule has 0 saturated carbocycles. The van der Waals surface area contributed by atoms with E-state index < -0.39 is 29.1 Å². The highest BCUT2D eigenvalue weighted by Crippen LogP contribution is 2.42. The molecule has 6 rings (SSSR count). The summed E-state index contributed by atoms with van der Waals surface area (Å²) in [7, 11) is 1.62. The van der Waals surface area contributed by atoms with Crippen molar-refractivity contribution in [3.05, 3.63) is 128 Å². The molecule has 268 valence electrons. The number of pyridine rings is 1. The largest absolute Gasteiger partial charge is 0.758 e. The lowest BCUT2D eigenvalue weighted by Gasteiger charge is -2.46. The van der Waals surface area contributed by atoms with Crippen LogP contribution in [0.5, 0.6) is 0 Å². The van der Waals surface area contributed by atoms with Crippen molar-refractivity contribution in [2.75, 3.05) is 43.1 Å². The van der Waals surface area contributed by atoms with Crippen molar-refractivity contribution >= 4 is 28.7 Å². The summed E-state index contributed by atoms with van der Waals surface area (Å²) in [6.45, 7) is 10.7. The molecule has 0 radical (unpaired) electrons. The molecule has 1 atom stereocenters. The number of benzene rings is 2. The number of carbonyl (C=O) groups is 1. The lowest BCUT2D eigenvalue weighted by molar-refractivity contribution is 0.0956. The summed E-state index contributed by atoms with van der Waals surface area (Å²) in [5.41, 5.74) is 5.00. The number of hydrogen-bond donors (Lipinski definition) is 2. The second-order valence-corrected chi connectivity index (χ2v) is 13.1. The first-order valence-corrected chi connectivity index (χ1v) is 17.0. The SMILES string of the molecule is CC1=C(/C=C/CNC(=O)c2c(C)n(C)n(Cc3ccc(F)c(F)c3)c2=O)N([O-])C(C(C)C)c2nc(Nc3ccc(N4CCOCC4)cc3)ccc21. The second-order valence-electron chi connectivity index (χ2n) is 13.1. The Labute approximate surface area is 295 Å². The number of halogens is 2. The van der Waals surface area contributed by atoms with Gasteiger partial charge in [-0.25, -0.2) is 18.4 Å². The third-order valence-electron chi connectivity index (χ3n) is 9.49. The predicted molar refractivity (Wildman–Crippen MR) is 194 cm³/mol. The number of allylic oxidation sites excluding steroid dienone is 2. The van der Waals surface area contributed by atoms with Crippen molar-refractivity contribution in [3.63, 3.8) is 0 Å². The van der Waals surface area contributed by atoms with Crippen molar-refractivity contribution in [1.82, 2.24) is 24.7 Å². The summed E-state index contributed by atoms with van der Waals surface area (Å²) in [5.74, 6) is -1.99. The quantitative estimate of drug-likeness (QED) is 0.206. The molecule has 4 heterocycles. The van der Waals surface area contributed by atoms with Crippen LogP contribution in [0.25, 0.3) is 5.57 Å². The maximum Gasteiger partial charge on any atom is 0.280 e. The second kappa shape index (κ2) is 14.9. The standard InChI is InChI=1S/C38H42F2N7O4/c1-23(2)36-35-29(13-15-33(43-35)42-27-9-11-28(12-10-27)45-17-19-51-20-18-45)24(3)32(47(36)50)7-6-16-41-37(48)34-25(4)44(5)46(38(34)49)22-26-8-14-30(39)31(40)21-26/h6-15,21,23,36H,16-20,22H2,1-5H3,(H,41,48)(H,42,43)/q-1/b7-6+. The Morgan fingerprint density at radius 2 is 1.78 bits per heavy atom. The number of hydrogen-bond acceptors (Lipinski definition) is 8. The van der Waals surface area contributed by atoms with E-state index in [4.69, 9.17) is 9.72 Å². The lowest BCUT2D eigenvalue weighted by atomic mass is 9.88. The summed E-state index contributed by atoms with van der Waals surface area (Å²) >= 11 is 0. The zero-order chi connectivity index (χ0) is 36.4. The van der Waals surface area contributed by atoms with Crippen molar-refractivity contribution in [3.8, 4) is 0 Å². The summed E-state index contributed by atoms with van der Waals surface area (Å²) in [6.07, 6.45) is 3.36. The Bertz CT molecular complexity index is 2050. The smallest absolute Gasteiger partial charge is 0.280 e. The summed E-state index contributed by atoms with van der Waals surface area (Å²) < 4.78 is 35.4. The first kappa shape index (κ1) is 35.6. The van der Waals surface area contributed by atoms with E-state index in [1.165, 1.54) is 15.4 Å². The van der Waals surface area contributed by atoms with Gasteiger partial charge in [0.1, 0.15) is 11.4 Å². The zero-order valence-corrected chi connectivity index (χ0v) is 29.4. The molecule has 1 saturated heterocycles. The minimum absolute atomic E-state index is 0.0410. The fourth-order valence-electron chi connectivity index (χ4n) is 6.58. The van der Waals surface area contributed by atoms with E-state index in [1.54, 1.807) is 26.1 Å². The number of anilines is 3. The van der Waals surface area contributed by atoms with E-state index in [2.05, 4.69) is 27.7 Å². The summed E-state index contributed by atoms with van der Waals surface area (Å²) in [4.78, 5) is 33.6. The van der Waals surface area contributed by atoms with E-state index in [-0.39, 0.29) is 24.6 Å². The van der Waals surface area contributed by atoms with Crippen LogP contribution in [0, 0.1) is 29.7 Å². The normalized spacial score (nSPS) is 16.3. The average Bonchev–Trinajstić information content (AvgIpc) is 3.32. The predicted octanol–water partition coefficient (Wildman–Crippen LogP) is 6.02. The minimum atomic E-state index is -1.01. The lowest BCUT2D eigenvalue weighted by Crippen LogP contribution is -2.36. The van der Waals surface area contributed by atoms with Crippen LogP contribution in [-0.4, -0.2) is 58.2 Å². The Hall–Kier alpha value is -5.27. The van der Waals surface area contributed by atoms with Crippen LogP contribution in [0.4, 0.5) is 26.0 Å². The molecule has 4 aromatic rings. The Morgan fingerprint density at radius 1 is 1.06 bits per heavy atom. The number of carbonyl (C=O) groups excluding carboxylic acids is 1. The maximum absolute atomic E-state index is 13.8. The van der Waals surface area contributed by atoms with Crippen molar-refractivity contribution in [2.45, 2.75) is 40.3 Å². The average molecular weight is 699 g/mol. The van der Waals surface area contributed by atoms with E-state index in [1.807, 2.05) is 45.0 Å². The van der Waals surface area contributed by atoms with Gasteiger partial charge in [-0.1, -0.05) is 26.0 Å². The molecule has 2 N–H and O–H groups in total. The first-order valence-electron chi connectivity index (χ1n) is 17.0. The molecule has 1 fully saturated rings. The van der Waals surface area contributed by atoms with Gasteiger partial charge in [-0.05, 0) is 85.5 Å².